The molecule has 3 aliphatic rings. The number of rotatable bonds is 5. The number of hydrogen-bond donors (Lipinski definition) is 0. The van der Waals surface area contributed by atoms with Gasteiger partial charge in [0.2, 0.25) is 12.5 Å². The summed E-state index contributed by atoms with van der Waals surface area (Å²) in [5, 5.41) is 0. The van der Waals surface area contributed by atoms with Crippen molar-refractivity contribution < 1.29 is 42.7 Å². The van der Waals surface area contributed by atoms with E-state index in [9.17, 15) is 4.79 Å². The summed E-state index contributed by atoms with van der Waals surface area (Å²) >= 11 is 0. The van der Waals surface area contributed by atoms with Crippen molar-refractivity contribution in [1.82, 2.24) is 0 Å². The molecule has 0 saturated carbocycles. The van der Waals surface area contributed by atoms with Gasteiger partial charge in [0.1, 0.15) is 11.7 Å². The fourth-order valence-corrected chi connectivity index (χ4v) is 4.53. The Morgan fingerprint density at radius 1 is 0.871 bits per heavy atom. The van der Waals surface area contributed by atoms with Crippen LogP contribution >= 0.6 is 0 Å². The molecule has 5 rings (SSSR count). The fraction of sp³-hybridized carbons (Fsp3) is 0.409. The molecule has 9 nitrogen and oxygen atoms in total. The molecular weight excluding hydrogens is 408 g/mol. The molecule has 2 aromatic carbocycles. The molecule has 0 aromatic heterocycles. The molecule has 0 radical (unpaired) electrons. The lowest BCUT2D eigenvalue weighted by atomic mass is 9.75. The second-order valence-corrected chi connectivity index (χ2v) is 7.38. The second-order valence-electron chi connectivity index (χ2n) is 7.38. The van der Waals surface area contributed by atoms with Crippen molar-refractivity contribution in [1.29, 1.82) is 0 Å². The summed E-state index contributed by atoms with van der Waals surface area (Å²) in [6.07, 6.45) is 0. The van der Waals surface area contributed by atoms with Crippen LogP contribution in [0.25, 0.3) is 0 Å². The molecule has 3 heterocycles. The predicted octanol–water partition coefficient (Wildman–Crippen LogP) is 2.48. The number of cyclic esters (lactones) is 1. The third-order valence-electron chi connectivity index (χ3n) is 5.99. The van der Waals surface area contributed by atoms with Crippen molar-refractivity contribution in [2.45, 2.75) is 11.7 Å². The van der Waals surface area contributed by atoms with Crippen LogP contribution in [0.5, 0.6) is 34.5 Å². The summed E-state index contributed by atoms with van der Waals surface area (Å²) in [5.41, 5.74) is 1.50. The number of hydrogen-bond acceptors (Lipinski definition) is 9. The van der Waals surface area contributed by atoms with Gasteiger partial charge in [0.15, 0.2) is 29.6 Å². The number of benzene rings is 2. The third-order valence-corrected chi connectivity index (χ3v) is 5.99. The first-order valence-electron chi connectivity index (χ1n) is 9.69. The zero-order valence-corrected chi connectivity index (χ0v) is 17.6. The van der Waals surface area contributed by atoms with Crippen LogP contribution in [0.4, 0.5) is 0 Å². The highest BCUT2D eigenvalue weighted by atomic mass is 16.7. The second kappa shape index (κ2) is 7.12. The van der Waals surface area contributed by atoms with Crippen LogP contribution < -0.4 is 28.4 Å². The van der Waals surface area contributed by atoms with Crippen LogP contribution in [-0.4, -0.2) is 53.6 Å². The van der Waals surface area contributed by atoms with E-state index in [0.29, 0.717) is 34.5 Å². The van der Waals surface area contributed by atoms with E-state index in [1.54, 1.807) is 20.3 Å². The first-order valence-corrected chi connectivity index (χ1v) is 9.69. The number of esters is 1. The average molecular weight is 430 g/mol. The molecule has 0 unspecified atom stereocenters. The van der Waals surface area contributed by atoms with Gasteiger partial charge in [0.05, 0.1) is 21.3 Å². The van der Waals surface area contributed by atoms with Crippen LogP contribution in [-0.2, 0) is 14.3 Å². The van der Waals surface area contributed by atoms with E-state index in [2.05, 4.69) is 0 Å². The Morgan fingerprint density at radius 3 is 2.16 bits per heavy atom. The number of carbonyl (C=O) groups is 1. The zero-order chi connectivity index (χ0) is 21.8. The van der Waals surface area contributed by atoms with Crippen LogP contribution in [0.1, 0.15) is 17.0 Å². The minimum Gasteiger partial charge on any atom is -0.493 e. The van der Waals surface area contributed by atoms with Gasteiger partial charge in [0.25, 0.3) is 5.79 Å². The first-order chi connectivity index (χ1) is 15.0. The lowest BCUT2D eigenvalue weighted by Gasteiger charge is -2.41. The van der Waals surface area contributed by atoms with Crippen LogP contribution in [0.15, 0.2) is 24.3 Å². The van der Waals surface area contributed by atoms with Gasteiger partial charge in [-0.2, -0.15) is 0 Å². The minimum absolute atomic E-state index is 0.0260. The molecule has 0 aliphatic carbocycles. The summed E-state index contributed by atoms with van der Waals surface area (Å²) in [5.74, 6) is 0.147. The van der Waals surface area contributed by atoms with E-state index in [0.717, 1.165) is 11.1 Å². The molecule has 3 aliphatic heterocycles. The molecule has 1 saturated heterocycles. The topological polar surface area (TPSA) is 90.9 Å². The first kappa shape index (κ1) is 19.6. The van der Waals surface area contributed by atoms with Gasteiger partial charge in [-0.05, 0) is 23.8 Å². The highest BCUT2D eigenvalue weighted by Gasteiger charge is 2.61. The predicted molar refractivity (Wildman–Crippen MR) is 105 cm³/mol. The molecule has 9 heteroatoms. The lowest BCUT2D eigenvalue weighted by Crippen LogP contribution is -2.51. The van der Waals surface area contributed by atoms with E-state index in [-0.39, 0.29) is 13.4 Å². The maximum absolute atomic E-state index is 12.9. The Labute approximate surface area is 178 Å². The van der Waals surface area contributed by atoms with Gasteiger partial charge in [-0.25, -0.2) is 0 Å². The van der Waals surface area contributed by atoms with Crippen molar-refractivity contribution in [3.63, 3.8) is 0 Å². The lowest BCUT2D eigenvalue weighted by molar-refractivity contribution is -0.195. The van der Waals surface area contributed by atoms with Gasteiger partial charge in [-0.15, -0.1) is 0 Å². The monoisotopic (exact) mass is 430 g/mol. The Bertz CT molecular complexity index is 1020. The standard InChI is InChI=1S/C22H22O9/c1-24-16-5-11(6-17(25-2)20(16)26-3)18-12-7-14-15(30-10-29-14)8-13(12)31-22(27-4)9-28-21(23)19(18)22/h5-8,18-19H,9-10H2,1-4H3/t18-,19+,22+/m1/s1. The summed E-state index contributed by atoms with van der Waals surface area (Å²) in [6, 6.07) is 7.22. The number of methoxy groups -OCH3 is 4. The molecule has 0 spiro atoms. The number of fused-ring (bicyclic) bond motifs is 3. The van der Waals surface area contributed by atoms with Gasteiger partial charge in [0, 0.05) is 24.7 Å². The number of ether oxygens (including phenoxy) is 8. The fourth-order valence-electron chi connectivity index (χ4n) is 4.53. The molecular formula is C22H22O9. The van der Waals surface area contributed by atoms with Gasteiger partial charge < -0.3 is 37.9 Å². The molecule has 1 fully saturated rings. The van der Waals surface area contributed by atoms with Gasteiger partial charge in [-0.3, -0.25) is 4.79 Å². The van der Waals surface area contributed by atoms with E-state index in [1.807, 2.05) is 18.2 Å². The maximum Gasteiger partial charge on any atom is 0.317 e. The molecule has 0 N–H and O–H groups in total. The number of carbonyl (C=O) groups excluding carboxylic acids is 1. The molecule has 164 valence electrons. The van der Waals surface area contributed by atoms with Crippen molar-refractivity contribution in [2.24, 2.45) is 5.92 Å². The Balaban J connectivity index is 1.76. The molecule has 0 bridgehead atoms. The average Bonchev–Trinajstić information content (AvgIpc) is 3.39. The largest absolute Gasteiger partial charge is 0.493 e. The highest BCUT2D eigenvalue weighted by Crippen LogP contribution is 2.56. The van der Waals surface area contributed by atoms with Crippen molar-refractivity contribution in [3.8, 4) is 34.5 Å². The summed E-state index contributed by atoms with van der Waals surface area (Å²) in [4.78, 5) is 12.9. The Kier molecular flexibility index (Phi) is 4.51. The van der Waals surface area contributed by atoms with Crippen LogP contribution in [0.2, 0.25) is 0 Å². The smallest absolute Gasteiger partial charge is 0.317 e. The van der Waals surface area contributed by atoms with E-state index < -0.39 is 23.6 Å². The Hall–Kier alpha value is -3.33. The summed E-state index contributed by atoms with van der Waals surface area (Å²) in [6.45, 7) is 0.0930. The minimum atomic E-state index is -1.27. The van der Waals surface area contributed by atoms with Crippen molar-refractivity contribution in [3.05, 3.63) is 35.4 Å². The van der Waals surface area contributed by atoms with Crippen LogP contribution in [0, 0.1) is 5.92 Å². The van der Waals surface area contributed by atoms with Crippen molar-refractivity contribution in [2.75, 3.05) is 41.8 Å². The maximum atomic E-state index is 12.9. The summed E-state index contributed by atoms with van der Waals surface area (Å²) in [7, 11) is 6.12. The van der Waals surface area contributed by atoms with Gasteiger partial charge in [-0.1, -0.05) is 0 Å². The highest BCUT2D eigenvalue weighted by molar-refractivity contribution is 5.80. The van der Waals surface area contributed by atoms with E-state index in [4.69, 9.17) is 37.9 Å². The molecule has 0 amide bonds. The SMILES string of the molecule is COc1cc([C@@H]2c3cc4c(cc3O[C@@]3(OC)COC(=O)[C@H]23)OCO4)cc(OC)c1OC. The molecule has 2 aromatic rings. The normalized spacial score (nSPS) is 25.2. The van der Waals surface area contributed by atoms with E-state index in [1.165, 1.54) is 14.2 Å². The third kappa shape index (κ3) is 2.76. The summed E-state index contributed by atoms with van der Waals surface area (Å²) < 4.78 is 44.9. The molecule has 31 heavy (non-hydrogen) atoms. The Morgan fingerprint density at radius 2 is 1.55 bits per heavy atom. The quantitative estimate of drug-likeness (QED) is 0.664. The van der Waals surface area contributed by atoms with E-state index >= 15 is 0 Å². The van der Waals surface area contributed by atoms with Crippen LogP contribution in [0.3, 0.4) is 0 Å². The van der Waals surface area contributed by atoms with Crippen molar-refractivity contribution >= 4 is 5.97 Å². The molecule has 3 atom stereocenters. The zero-order valence-electron chi connectivity index (χ0n) is 17.6. The van der Waals surface area contributed by atoms with Gasteiger partial charge >= 0.3 is 5.97 Å².